The molecule has 2 N–H and O–H groups in total. The predicted molar refractivity (Wildman–Crippen MR) is 114 cm³/mol. The van der Waals surface area contributed by atoms with E-state index in [4.69, 9.17) is 0 Å². The largest absolute Gasteiger partial charge is 0.507 e. The third kappa shape index (κ3) is 4.88. The fourth-order valence-electron chi connectivity index (χ4n) is 3.55. The second kappa shape index (κ2) is 8.68. The van der Waals surface area contributed by atoms with Gasteiger partial charge in [-0.2, -0.15) is 0 Å². The average molecular weight is 444 g/mol. The molecule has 1 saturated heterocycles. The van der Waals surface area contributed by atoms with Crippen LogP contribution in [0.5, 0.6) is 5.75 Å². The number of nitrogens with zero attached hydrogens (tertiary/aromatic N) is 2. The highest BCUT2D eigenvalue weighted by molar-refractivity contribution is 7.89. The molecule has 9 heteroatoms. The number of phenolic OH excluding ortho intramolecular Hbond substituents is 1. The van der Waals surface area contributed by atoms with Crippen molar-refractivity contribution >= 4 is 21.8 Å². The molecule has 0 unspecified atom stereocenters. The summed E-state index contributed by atoms with van der Waals surface area (Å²) >= 11 is 0. The number of piperazine rings is 1. The number of amides is 2. The Bertz CT molecular complexity index is 1090. The normalized spacial score (nSPS) is 16.9. The Morgan fingerprint density at radius 2 is 1.58 bits per heavy atom. The van der Waals surface area contributed by atoms with Crippen molar-refractivity contribution in [3.63, 3.8) is 0 Å². The maximum Gasteiger partial charge on any atom is 0.257 e. The van der Waals surface area contributed by atoms with Crippen molar-refractivity contribution in [2.75, 3.05) is 32.7 Å². The monoisotopic (exact) mass is 443 g/mol. The Labute approximate surface area is 181 Å². The highest BCUT2D eigenvalue weighted by Crippen LogP contribution is 2.28. The smallest absolute Gasteiger partial charge is 0.257 e. The van der Waals surface area contributed by atoms with Crippen molar-refractivity contribution in [2.24, 2.45) is 5.92 Å². The molecule has 0 radical (unpaired) electrons. The van der Waals surface area contributed by atoms with Gasteiger partial charge in [-0.15, -0.1) is 0 Å². The van der Waals surface area contributed by atoms with Crippen LogP contribution in [0.2, 0.25) is 0 Å². The van der Waals surface area contributed by atoms with Crippen molar-refractivity contribution in [3.8, 4) is 5.75 Å². The number of rotatable bonds is 6. The van der Waals surface area contributed by atoms with E-state index in [1.165, 1.54) is 18.2 Å². The molecule has 1 aliphatic heterocycles. The average Bonchev–Trinajstić information content (AvgIpc) is 3.62. The third-order valence-corrected chi connectivity index (χ3v) is 7.06. The van der Waals surface area contributed by atoms with Crippen LogP contribution < -0.4 is 4.72 Å². The summed E-state index contributed by atoms with van der Waals surface area (Å²) in [5.41, 5.74) is 0.536. The van der Waals surface area contributed by atoms with Crippen LogP contribution in [0.3, 0.4) is 0 Å². The summed E-state index contributed by atoms with van der Waals surface area (Å²) in [6.45, 7) is 1.75. The Hall–Kier alpha value is -2.91. The molecule has 2 aromatic rings. The minimum atomic E-state index is -3.65. The number of hydrogen-bond acceptors (Lipinski definition) is 5. The zero-order chi connectivity index (χ0) is 22.0. The van der Waals surface area contributed by atoms with Crippen LogP contribution in [0, 0.1) is 5.92 Å². The maximum absolute atomic E-state index is 12.9. The van der Waals surface area contributed by atoms with Gasteiger partial charge in [0.25, 0.3) is 11.8 Å². The molecule has 1 aliphatic carbocycles. The molecular formula is C22H25N3O5S. The summed E-state index contributed by atoms with van der Waals surface area (Å²) in [6, 6.07) is 12.4. The number of carbonyl (C=O) groups excluding carboxylic acids is 2. The zero-order valence-electron chi connectivity index (χ0n) is 17.0. The minimum Gasteiger partial charge on any atom is -0.507 e. The van der Waals surface area contributed by atoms with Crippen molar-refractivity contribution < 1.29 is 23.1 Å². The van der Waals surface area contributed by atoms with Crippen LogP contribution in [-0.2, 0) is 10.0 Å². The minimum absolute atomic E-state index is 0.0701. The van der Waals surface area contributed by atoms with E-state index in [1.807, 2.05) is 0 Å². The molecule has 2 aromatic carbocycles. The summed E-state index contributed by atoms with van der Waals surface area (Å²) in [6.07, 6.45) is 2.08. The first-order chi connectivity index (χ1) is 14.8. The summed E-state index contributed by atoms with van der Waals surface area (Å²) < 4.78 is 27.6. The quantitative estimate of drug-likeness (QED) is 0.706. The fourth-order valence-corrected chi connectivity index (χ4v) is 4.71. The number of para-hydroxylation sites is 1. The first-order valence-electron chi connectivity index (χ1n) is 10.3. The highest BCUT2D eigenvalue weighted by Gasteiger charge is 2.28. The zero-order valence-corrected chi connectivity index (χ0v) is 17.8. The fraction of sp³-hybridized carbons (Fsp3) is 0.364. The van der Waals surface area contributed by atoms with Gasteiger partial charge >= 0.3 is 0 Å². The second-order valence-corrected chi connectivity index (χ2v) is 9.69. The van der Waals surface area contributed by atoms with Gasteiger partial charge < -0.3 is 14.9 Å². The first-order valence-corrected chi connectivity index (χ1v) is 11.8. The van der Waals surface area contributed by atoms with Crippen molar-refractivity contribution in [1.82, 2.24) is 14.5 Å². The number of benzene rings is 2. The Morgan fingerprint density at radius 1 is 0.935 bits per heavy atom. The molecule has 1 saturated carbocycles. The lowest BCUT2D eigenvalue weighted by atomic mass is 10.1. The van der Waals surface area contributed by atoms with Gasteiger partial charge in [-0.1, -0.05) is 18.2 Å². The molecule has 2 aliphatic rings. The molecule has 0 atom stereocenters. The number of sulfonamides is 1. The molecule has 164 valence electrons. The van der Waals surface area contributed by atoms with Crippen LogP contribution in [0.25, 0.3) is 0 Å². The third-order valence-electron chi connectivity index (χ3n) is 5.64. The lowest BCUT2D eigenvalue weighted by Crippen LogP contribution is -2.50. The van der Waals surface area contributed by atoms with Crippen molar-refractivity contribution in [1.29, 1.82) is 0 Å². The van der Waals surface area contributed by atoms with Crippen LogP contribution in [0.1, 0.15) is 33.6 Å². The molecule has 2 amide bonds. The molecule has 0 aromatic heterocycles. The van der Waals surface area contributed by atoms with Crippen LogP contribution in [-0.4, -0.2) is 67.9 Å². The van der Waals surface area contributed by atoms with E-state index in [-0.39, 0.29) is 28.0 Å². The lowest BCUT2D eigenvalue weighted by Gasteiger charge is -2.35. The van der Waals surface area contributed by atoms with Crippen LogP contribution in [0.4, 0.5) is 0 Å². The highest BCUT2D eigenvalue weighted by atomic mass is 32.2. The topological polar surface area (TPSA) is 107 Å². The molecule has 31 heavy (non-hydrogen) atoms. The SMILES string of the molecule is O=C(c1cccc(S(=O)(=O)NCC2CC2)c1)N1CCN(C(=O)c2ccccc2O)CC1. The number of hydrogen-bond donors (Lipinski definition) is 2. The van der Waals surface area contributed by atoms with Gasteiger partial charge in [0.15, 0.2) is 0 Å². The van der Waals surface area contributed by atoms with E-state index in [0.717, 1.165) is 12.8 Å². The van der Waals surface area contributed by atoms with Gasteiger partial charge in [0.1, 0.15) is 5.75 Å². The van der Waals surface area contributed by atoms with E-state index in [0.29, 0.717) is 44.2 Å². The number of aromatic hydroxyl groups is 1. The molecular weight excluding hydrogens is 418 g/mol. The van der Waals surface area contributed by atoms with Gasteiger partial charge in [0, 0.05) is 38.3 Å². The maximum atomic E-state index is 12.9. The molecule has 0 bridgehead atoms. The summed E-state index contributed by atoms with van der Waals surface area (Å²) in [7, 11) is -3.65. The van der Waals surface area contributed by atoms with Crippen molar-refractivity contribution in [3.05, 3.63) is 59.7 Å². The van der Waals surface area contributed by atoms with Crippen LogP contribution in [0.15, 0.2) is 53.4 Å². The van der Waals surface area contributed by atoms with Gasteiger partial charge in [-0.05, 0) is 49.1 Å². The second-order valence-electron chi connectivity index (χ2n) is 7.92. The Kier molecular flexibility index (Phi) is 5.97. The number of carbonyl (C=O) groups is 2. The van der Waals surface area contributed by atoms with Crippen molar-refractivity contribution in [2.45, 2.75) is 17.7 Å². The predicted octanol–water partition coefficient (Wildman–Crippen LogP) is 1.68. The van der Waals surface area contributed by atoms with Gasteiger partial charge in [0.05, 0.1) is 10.5 Å². The Morgan fingerprint density at radius 3 is 2.23 bits per heavy atom. The summed E-state index contributed by atoms with van der Waals surface area (Å²) in [5.74, 6) is -0.204. The molecule has 8 nitrogen and oxygen atoms in total. The van der Waals surface area contributed by atoms with Gasteiger partial charge in [-0.3, -0.25) is 9.59 Å². The van der Waals surface area contributed by atoms with E-state index in [1.54, 1.807) is 40.1 Å². The van der Waals surface area contributed by atoms with E-state index < -0.39 is 10.0 Å². The standard InChI is InChI=1S/C22H25N3O5S/c26-20-7-2-1-6-19(20)22(28)25-12-10-24(11-13-25)21(27)17-4-3-5-18(14-17)31(29,30)23-15-16-8-9-16/h1-7,14,16,23,26H,8-13,15H2. The van der Waals surface area contributed by atoms with E-state index in [2.05, 4.69) is 4.72 Å². The van der Waals surface area contributed by atoms with E-state index in [9.17, 15) is 23.1 Å². The van der Waals surface area contributed by atoms with E-state index >= 15 is 0 Å². The lowest BCUT2D eigenvalue weighted by molar-refractivity contribution is 0.0533. The summed E-state index contributed by atoms with van der Waals surface area (Å²) in [5, 5.41) is 9.90. The number of nitrogens with one attached hydrogen (secondary N) is 1. The molecule has 2 fully saturated rings. The van der Waals surface area contributed by atoms with Gasteiger partial charge in [-0.25, -0.2) is 13.1 Å². The van der Waals surface area contributed by atoms with Crippen LogP contribution >= 0.6 is 0 Å². The first kappa shape index (κ1) is 21.3. The molecule has 0 spiro atoms. The molecule has 1 heterocycles. The van der Waals surface area contributed by atoms with Gasteiger partial charge in [0.2, 0.25) is 10.0 Å². The summed E-state index contributed by atoms with van der Waals surface area (Å²) in [4.78, 5) is 28.8. The Balaban J connectivity index is 1.39. The molecule has 4 rings (SSSR count). The number of phenols is 1.